The van der Waals surface area contributed by atoms with Crippen molar-refractivity contribution in [3.63, 3.8) is 0 Å². The summed E-state index contributed by atoms with van der Waals surface area (Å²) in [7, 11) is 0. The molecule has 0 saturated carbocycles. The van der Waals surface area contributed by atoms with E-state index in [2.05, 4.69) is 15.6 Å². The summed E-state index contributed by atoms with van der Waals surface area (Å²) in [4.78, 5) is 22.3. The summed E-state index contributed by atoms with van der Waals surface area (Å²) >= 11 is 0. The molecule has 3 aromatic rings. The molecule has 0 aliphatic rings. The molecule has 1 aromatic heterocycles. The van der Waals surface area contributed by atoms with Gasteiger partial charge in [-0.1, -0.05) is 23.4 Å². The maximum absolute atomic E-state index is 11.9. The molecule has 0 fully saturated rings. The number of nitro benzene ring substituents is 1. The number of benzene rings is 2. The van der Waals surface area contributed by atoms with Crippen LogP contribution in [0.5, 0.6) is 11.5 Å². The van der Waals surface area contributed by atoms with Crippen molar-refractivity contribution >= 4 is 17.7 Å². The monoisotopic (exact) mass is 395 g/mol. The molecule has 10 nitrogen and oxygen atoms in total. The van der Waals surface area contributed by atoms with Crippen molar-refractivity contribution in [2.75, 3.05) is 0 Å². The molecule has 3 rings (SSSR count). The van der Waals surface area contributed by atoms with E-state index in [1.165, 1.54) is 41.1 Å². The summed E-state index contributed by atoms with van der Waals surface area (Å²) in [6, 6.07) is 10.4. The summed E-state index contributed by atoms with van der Waals surface area (Å²) in [5.74, 6) is -0.876. The zero-order valence-electron chi connectivity index (χ0n) is 15.1. The molecule has 0 spiro atoms. The van der Waals surface area contributed by atoms with Gasteiger partial charge in [-0.05, 0) is 29.3 Å². The fourth-order valence-corrected chi connectivity index (χ4v) is 2.50. The SMILES string of the molecule is O=C(/C=C/c1ccc(O)c(O)c1)NCc1cn(Cc2cccc([N+](=O)[O-])c2)nn1. The Balaban J connectivity index is 1.54. The highest BCUT2D eigenvalue weighted by Crippen LogP contribution is 2.25. The fourth-order valence-electron chi connectivity index (χ4n) is 2.50. The van der Waals surface area contributed by atoms with Crippen molar-refractivity contribution in [3.8, 4) is 11.5 Å². The van der Waals surface area contributed by atoms with Gasteiger partial charge < -0.3 is 15.5 Å². The Morgan fingerprint density at radius 3 is 2.79 bits per heavy atom. The summed E-state index contributed by atoms with van der Waals surface area (Å²) < 4.78 is 1.52. The summed E-state index contributed by atoms with van der Waals surface area (Å²) in [6.45, 7) is 0.464. The van der Waals surface area contributed by atoms with Gasteiger partial charge in [0, 0.05) is 18.2 Å². The molecule has 0 bridgehead atoms. The molecule has 0 aliphatic carbocycles. The number of nitrogens with zero attached hydrogens (tertiary/aromatic N) is 4. The average Bonchev–Trinajstić information content (AvgIpc) is 3.14. The number of hydrogen-bond donors (Lipinski definition) is 3. The molecule has 29 heavy (non-hydrogen) atoms. The summed E-state index contributed by atoms with van der Waals surface area (Å²) in [6.07, 6.45) is 4.42. The highest BCUT2D eigenvalue weighted by Gasteiger charge is 2.08. The Kier molecular flexibility index (Phi) is 5.83. The van der Waals surface area contributed by atoms with Gasteiger partial charge in [0.05, 0.1) is 24.2 Å². The van der Waals surface area contributed by atoms with Gasteiger partial charge in [0.15, 0.2) is 11.5 Å². The van der Waals surface area contributed by atoms with Gasteiger partial charge in [0.25, 0.3) is 5.69 Å². The lowest BCUT2D eigenvalue weighted by molar-refractivity contribution is -0.384. The Hall–Kier alpha value is -4.21. The minimum absolute atomic E-state index is 0.00355. The minimum Gasteiger partial charge on any atom is -0.504 e. The first-order valence-corrected chi connectivity index (χ1v) is 8.51. The predicted molar refractivity (Wildman–Crippen MR) is 103 cm³/mol. The number of phenols is 2. The van der Waals surface area contributed by atoms with Gasteiger partial charge in [-0.2, -0.15) is 0 Å². The van der Waals surface area contributed by atoms with Crippen LogP contribution in [0.2, 0.25) is 0 Å². The second-order valence-corrected chi connectivity index (χ2v) is 6.13. The number of amides is 1. The van der Waals surface area contributed by atoms with Crippen LogP contribution < -0.4 is 5.32 Å². The molecule has 0 atom stereocenters. The normalized spacial score (nSPS) is 10.9. The van der Waals surface area contributed by atoms with Gasteiger partial charge >= 0.3 is 0 Å². The first kappa shape index (κ1) is 19.5. The third-order valence-corrected chi connectivity index (χ3v) is 3.92. The third-order valence-electron chi connectivity index (χ3n) is 3.92. The topological polar surface area (TPSA) is 143 Å². The first-order valence-electron chi connectivity index (χ1n) is 8.51. The Labute approximate surface area is 164 Å². The van der Waals surface area contributed by atoms with E-state index < -0.39 is 4.92 Å². The van der Waals surface area contributed by atoms with Crippen molar-refractivity contribution in [3.05, 3.63) is 81.7 Å². The number of aromatic hydroxyl groups is 2. The van der Waals surface area contributed by atoms with Gasteiger partial charge in [-0.15, -0.1) is 5.10 Å². The molecule has 0 unspecified atom stereocenters. The van der Waals surface area contributed by atoms with Crippen molar-refractivity contribution in [2.24, 2.45) is 0 Å². The zero-order chi connectivity index (χ0) is 20.8. The van der Waals surface area contributed by atoms with Crippen LogP contribution in [0, 0.1) is 10.1 Å². The van der Waals surface area contributed by atoms with E-state index in [1.54, 1.807) is 24.4 Å². The number of carbonyl (C=O) groups is 1. The maximum Gasteiger partial charge on any atom is 0.269 e. The van der Waals surface area contributed by atoms with Crippen molar-refractivity contribution in [1.29, 1.82) is 0 Å². The molecular weight excluding hydrogens is 378 g/mol. The van der Waals surface area contributed by atoms with Crippen LogP contribution in [-0.2, 0) is 17.9 Å². The summed E-state index contributed by atoms with van der Waals surface area (Å²) in [5, 5.41) is 40.1. The van der Waals surface area contributed by atoms with E-state index in [1.807, 2.05) is 0 Å². The number of carbonyl (C=O) groups excluding carboxylic acids is 1. The lowest BCUT2D eigenvalue weighted by Crippen LogP contribution is -2.20. The quantitative estimate of drug-likeness (QED) is 0.240. The lowest BCUT2D eigenvalue weighted by Gasteiger charge is -2.01. The molecule has 1 heterocycles. The second kappa shape index (κ2) is 8.65. The van der Waals surface area contributed by atoms with Crippen molar-refractivity contribution < 1.29 is 19.9 Å². The predicted octanol–water partition coefficient (Wildman–Crippen LogP) is 1.98. The van der Waals surface area contributed by atoms with Crippen LogP contribution in [0.15, 0.2) is 54.7 Å². The highest BCUT2D eigenvalue weighted by molar-refractivity contribution is 5.91. The van der Waals surface area contributed by atoms with Gasteiger partial charge in [0.1, 0.15) is 5.69 Å². The number of nitrogens with one attached hydrogen (secondary N) is 1. The number of rotatable bonds is 7. The number of phenolic OH excluding ortho intramolecular Hbond substituents is 2. The Morgan fingerprint density at radius 1 is 1.21 bits per heavy atom. The van der Waals surface area contributed by atoms with Crippen LogP contribution in [-0.4, -0.2) is 36.0 Å². The van der Waals surface area contributed by atoms with Gasteiger partial charge in [-0.25, -0.2) is 4.68 Å². The number of nitro groups is 1. The molecule has 3 N–H and O–H groups in total. The van der Waals surface area contributed by atoms with E-state index in [4.69, 9.17) is 0 Å². The van der Waals surface area contributed by atoms with Crippen molar-refractivity contribution in [2.45, 2.75) is 13.1 Å². The smallest absolute Gasteiger partial charge is 0.269 e. The van der Waals surface area contributed by atoms with Crippen LogP contribution in [0.25, 0.3) is 6.08 Å². The van der Waals surface area contributed by atoms with E-state index in [0.29, 0.717) is 23.4 Å². The molecule has 0 radical (unpaired) electrons. The number of aromatic nitrogens is 3. The zero-order valence-corrected chi connectivity index (χ0v) is 15.1. The maximum atomic E-state index is 11.9. The molecule has 148 valence electrons. The van der Waals surface area contributed by atoms with Crippen molar-refractivity contribution in [1.82, 2.24) is 20.3 Å². The molecule has 2 aromatic carbocycles. The average molecular weight is 395 g/mol. The van der Waals surface area contributed by atoms with E-state index >= 15 is 0 Å². The van der Waals surface area contributed by atoms with Crippen LogP contribution in [0.1, 0.15) is 16.8 Å². The fraction of sp³-hybridized carbons (Fsp3) is 0.105. The van der Waals surface area contributed by atoms with Crippen LogP contribution in [0.3, 0.4) is 0 Å². The van der Waals surface area contributed by atoms with E-state index in [0.717, 1.165) is 0 Å². The molecular formula is C19H17N5O5. The second-order valence-electron chi connectivity index (χ2n) is 6.13. The standard InChI is InChI=1S/C19H17N5O5/c25-17-6-4-13(9-18(17)26)5-7-19(27)20-10-15-12-23(22-21-15)11-14-2-1-3-16(8-14)24(28)29/h1-9,12,25-26H,10-11H2,(H,20,27)/b7-5+. The number of hydrogen-bond acceptors (Lipinski definition) is 7. The number of non-ortho nitro benzene ring substituents is 1. The van der Waals surface area contributed by atoms with Gasteiger partial charge in [0.2, 0.25) is 5.91 Å². The van der Waals surface area contributed by atoms with Gasteiger partial charge in [-0.3, -0.25) is 14.9 Å². The third kappa shape index (κ3) is 5.39. The van der Waals surface area contributed by atoms with Crippen LogP contribution >= 0.6 is 0 Å². The van der Waals surface area contributed by atoms with Crippen LogP contribution in [0.4, 0.5) is 5.69 Å². The Bertz CT molecular complexity index is 1080. The molecule has 0 aliphatic heterocycles. The lowest BCUT2D eigenvalue weighted by atomic mass is 10.2. The van der Waals surface area contributed by atoms with E-state index in [-0.39, 0.29) is 29.6 Å². The molecule has 0 saturated heterocycles. The molecule has 10 heteroatoms. The summed E-state index contributed by atoms with van der Waals surface area (Å²) in [5.41, 5.74) is 1.79. The minimum atomic E-state index is -0.459. The largest absolute Gasteiger partial charge is 0.504 e. The van der Waals surface area contributed by atoms with E-state index in [9.17, 15) is 25.1 Å². The molecule has 1 amide bonds. The first-order chi connectivity index (χ1) is 13.9. The Morgan fingerprint density at radius 2 is 2.03 bits per heavy atom. The highest BCUT2D eigenvalue weighted by atomic mass is 16.6.